The van der Waals surface area contributed by atoms with E-state index in [-0.39, 0.29) is 36.0 Å². The van der Waals surface area contributed by atoms with Gasteiger partial charge < -0.3 is 15.3 Å². The molecule has 0 aromatic heterocycles. The highest BCUT2D eigenvalue weighted by Gasteiger charge is 2.36. The molecule has 1 aliphatic heterocycles. The van der Waals surface area contributed by atoms with Crippen molar-refractivity contribution in [2.24, 2.45) is 17.8 Å². The number of carbonyl (C=O) groups is 3. The average Bonchev–Trinajstić information content (AvgIpc) is 3.02. The molecule has 2 N–H and O–H groups in total. The van der Waals surface area contributed by atoms with Crippen molar-refractivity contribution in [3.63, 3.8) is 0 Å². The van der Waals surface area contributed by atoms with Gasteiger partial charge in [0.15, 0.2) is 0 Å². The summed E-state index contributed by atoms with van der Waals surface area (Å²) in [6, 6.07) is 7.69. The monoisotopic (exact) mass is 358 g/mol. The van der Waals surface area contributed by atoms with Crippen molar-refractivity contribution in [3.8, 4) is 0 Å². The third-order valence-corrected chi connectivity index (χ3v) is 5.61. The van der Waals surface area contributed by atoms with Gasteiger partial charge in [-0.05, 0) is 37.8 Å². The van der Waals surface area contributed by atoms with Crippen LogP contribution >= 0.6 is 0 Å². The van der Waals surface area contributed by atoms with Gasteiger partial charge in [-0.25, -0.2) is 0 Å². The van der Waals surface area contributed by atoms with Crippen molar-refractivity contribution in [3.05, 3.63) is 29.8 Å². The Bertz CT molecular complexity index is 686. The van der Waals surface area contributed by atoms with Crippen LogP contribution in [-0.4, -0.2) is 36.0 Å². The molecule has 1 heterocycles. The topological polar surface area (TPSA) is 86.7 Å². The van der Waals surface area contributed by atoms with E-state index in [0.29, 0.717) is 19.5 Å². The maximum absolute atomic E-state index is 12.5. The molecule has 1 saturated carbocycles. The number of carboxylic acids is 1. The highest BCUT2D eigenvalue weighted by molar-refractivity contribution is 6.00. The first-order valence-corrected chi connectivity index (χ1v) is 9.33. The molecule has 0 bridgehead atoms. The maximum atomic E-state index is 12.5. The molecule has 1 unspecified atom stereocenters. The molecule has 6 heteroatoms. The molecule has 2 aliphatic rings. The van der Waals surface area contributed by atoms with Gasteiger partial charge in [0.1, 0.15) is 0 Å². The number of hydrogen-bond donors (Lipinski definition) is 2. The summed E-state index contributed by atoms with van der Waals surface area (Å²) in [5.41, 5.74) is 1.93. The van der Waals surface area contributed by atoms with Gasteiger partial charge in [0.05, 0.1) is 11.8 Å². The van der Waals surface area contributed by atoms with E-state index in [1.807, 2.05) is 31.2 Å². The van der Waals surface area contributed by atoms with Gasteiger partial charge in [-0.3, -0.25) is 14.4 Å². The number of benzene rings is 1. The highest BCUT2D eigenvalue weighted by Crippen LogP contribution is 2.30. The summed E-state index contributed by atoms with van der Waals surface area (Å²) in [4.78, 5) is 37.8. The first-order valence-electron chi connectivity index (χ1n) is 9.33. The number of nitrogens with one attached hydrogen (secondary N) is 1. The summed E-state index contributed by atoms with van der Waals surface area (Å²) >= 11 is 0. The molecule has 3 atom stereocenters. The zero-order valence-electron chi connectivity index (χ0n) is 15.1. The van der Waals surface area contributed by atoms with Gasteiger partial charge in [0.2, 0.25) is 11.8 Å². The lowest BCUT2D eigenvalue weighted by atomic mass is 9.79. The molecule has 6 nitrogen and oxygen atoms in total. The van der Waals surface area contributed by atoms with Gasteiger partial charge in [-0.1, -0.05) is 30.5 Å². The molecule has 140 valence electrons. The van der Waals surface area contributed by atoms with Crippen LogP contribution in [0.4, 0.5) is 5.69 Å². The Morgan fingerprint density at radius 3 is 2.58 bits per heavy atom. The van der Waals surface area contributed by atoms with E-state index in [1.54, 1.807) is 4.90 Å². The predicted molar refractivity (Wildman–Crippen MR) is 97.7 cm³/mol. The first kappa shape index (κ1) is 18.4. The molecule has 2 fully saturated rings. The van der Waals surface area contributed by atoms with Crippen molar-refractivity contribution in [1.82, 2.24) is 5.32 Å². The fourth-order valence-electron chi connectivity index (χ4n) is 4.01. The van der Waals surface area contributed by atoms with Crippen molar-refractivity contribution >= 4 is 23.5 Å². The SMILES string of the molecule is Cc1ccc(N2CC(C(=O)NC[C@@H]3CCCC[C@@H]3C(=O)O)CC2=O)cc1. The molecule has 0 radical (unpaired) electrons. The highest BCUT2D eigenvalue weighted by atomic mass is 16.4. The molecule has 1 aliphatic carbocycles. The number of rotatable bonds is 5. The minimum Gasteiger partial charge on any atom is -0.481 e. The zero-order chi connectivity index (χ0) is 18.7. The Labute approximate surface area is 153 Å². The number of aryl methyl sites for hydroxylation is 1. The minimum atomic E-state index is -0.773. The van der Waals surface area contributed by atoms with Gasteiger partial charge in [0, 0.05) is 25.2 Å². The van der Waals surface area contributed by atoms with E-state index >= 15 is 0 Å². The quantitative estimate of drug-likeness (QED) is 0.846. The van der Waals surface area contributed by atoms with Crippen LogP contribution < -0.4 is 10.2 Å². The predicted octanol–water partition coefficient (Wildman–Crippen LogP) is 2.36. The second-order valence-electron chi connectivity index (χ2n) is 7.48. The van der Waals surface area contributed by atoms with Gasteiger partial charge in [-0.2, -0.15) is 0 Å². The fourth-order valence-corrected chi connectivity index (χ4v) is 4.01. The Hall–Kier alpha value is -2.37. The zero-order valence-corrected chi connectivity index (χ0v) is 15.1. The normalized spacial score (nSPS) is 26.0. The second-order valence-corrected chi connectivity index (χ2v) is 7.48. The Kier molecular flexibility index (Phi) is 5.59. The lowest BCUT2D eigenvalue weighted by Gasteiger charge is -2.28. The third kappa shape index (κ3) is 4.06. The summed E-state index contributed by atoms with van der Waals surface area (Å²) in [6.07, 6.45) is 3.65. The average molecular weight is 358 g/mol. The van der Waals surface area contributed by atoms with Crippen molar-refractivity contribution in [1.29, 1.82) is 0 Å². The number of aliphatic carboxylic acids is 1. The van der Waals surface area contributed by atoms with Crippen molar-refractivity contribution in [2.45, 2.75) is 39.0 Å². The molecule has 1 aromatic rings. The minimum absolute atomic E-state index is 0.0180. The van der Waals surface area contributed by atoms with Crippen LogP contribution in [0.2, 0.25) is 0 Å². The van der Waals surface area contributed by atoms with Crippen molar-refractivity contribution in [2.75, 3.05) is 18.0 Å². The standard InChI is InChI=1S/C20H26N2O4/c1-13-6-8-16(9-7-13)22-12-15(10-18(22)23)19(24)21-11-14-4-2-3-5-17(14)20(25)26/h6-9,14-15,17H,2-5,10-12H2,1H3,(H,21,24)(H,25,26)/t14-,15?,17-/m0/s1. The molecule has 3 rings (SSSR count). The third-order valence-electron chi connectivity index (χ3n) is 5.61. The van der Waals surface area contributed by atoms with E-state index in [2.05, 4.69) is 5.32 Å². The van der Waals surface area contributed by atoms with E-state index in [4.69, 9.17) is 0 Å². The van der Waals surface area contributed by atoms with Crippen LogP contribution in [0, 0.1) is 24.7 Å². The Morgan fingerprint density at radius 1 is 1.19 bits per heavy atom. The number of carboxylic acid groups (broad SMARTS) is 1. The van der Waals surface area contributed by atoms with E-state index < -0.39 is 5.97 Å². The van der Waals surface area contributed by atoms with Crippen LogP contribution in [0.5, 0.6) is 0 Å². The number of nitrogens with zero attached hydrogens (tertiary/aromatic N) is 1. The summed E-state index contributed by atoms with van der Waals surface area (Å²) in [5, 5.41) is 12.2. The molecule has 1 aromatic carbocycles. The Morgan fingerprint density at radius 2 is 1.88 bits per heavy atom. The molecular weight excluding hydrogens is 332 g/mol. The number of carbonyl (C=O) groups excluding carboxylic acids is 2. The summed E-state index contributed by atoms with van der Waals surface area (Å²) in [6.45, 7) is 2.74. The smallest absolute Gasteiger partial charge is 0.306 e. The van der Waals surface area contributed by atoms with Crippen LogP contribution in [0.25, 0.3) is 0 Å². The van der Waals surface area contributed by atoms with Gasteiger partial charge in [-0.15, -0.1) is 0 Å². The van der Waals surface area contributed by atoms with Crippen LogP contribution in [0.1, 0.15) is 37.7 Å². The lowest BCUT2D eigenvalue weighted by Crippen LogP contribution is -2.40. The van der Waals surface area contributed by atoms with Crippen LogP contribution in [-0.2, 0) is 14.4 Å². The largest absolute Gasteiger partial charge is 0.481 e. The van der Waals surface area contributed by atoms with Gasteiger partial charge in [0.25, 0.3) is 0 Å². The Balaban J connectivity index is 1.56. The lowest BCUT2D eigenvalue weighted by molar-refractivity contribution is -0.145. The fraction of sp³-hybridized carbons (Fsp3) is 0.550. The van der Waals surface area contributed by atoms with Crippen molar-refractivity contribution < 1.29 is 19.5 Å². The summed E-state index contributed by atoms with van der Waals surface area (Å²) in [7, 11) is 0. The first-order chi connectivity index (χ1) is 12.5. The molecular formula is C20H26N2O4. The molecule has 1 saturated heterocycles. The number of anilines is 1. The molecule has 26 heavy (non-hydrogen) atoms. The second kappa shape index (κ2) is 7.89. The van der Waals surface area contributed by atoms with Crippen LogP contribution in [0.15, 0.2) is 24.3 Å². The number of amides is 2. The maximum Gasteiger partial charge on any atom is 0.306 e. The van der Waals surface area contributed by atoms with E-state index in [9.17, 15) is 19.5 Å². The number of hydrogen-bond acceptors (Lipinski definition) is 3. The van der Waals surface area contributed by atoms with E-state index in [1.165, 1.54) is 0 Å². The summed E-state index contributed by atoms with van der Waals surface area (Å²) in [5.74, 6) is -1.74. The summed E-state index contributed by atoms with van der Waals surface area (Å²) < 4.78 is 0. The molecule has 0 spiro atoms. The molecule has 2 amide bonds. The van der Waals surface area contributed by atoms with E-state index in [0.717, 1.165) is 30.5 Å². The van der Waals surface area contributed by atoms with Crippen LogP contribution in [0.3, 0.4) is 0 Å². The van der Waals surface area contributed by atoms with Gasteiger partial charge >= 0.3 is 5.97 Å².